The number of hydrogen-bond acceptors (Lipinski definition) is 2. The van der Waals surface area contributed by atoms with Crippen LogP contribution in [0.25, 0.3) is 0 Å². The molecule has 0 saturated carbocycles. The van der Waals surface area contributed by atoms with Crippen LogP contribution in [0.2, 0.25) is 0 Å². The summed E-state index contributed by atoms with van der Waals surface area (Å²) >= 11 is 0. The van der Waals surface area contributed by atoms with Gasteiger partial charge in [-0.2, -0.15) is 0 Å². The predicted molar refractivity (Wildman–Crippen MR) is 66.7 cm³/mol. The van der Waals surface area contributed by atoms with Crippen LogP contribution in [0.15, 0.2) is 60.7 Å². The Bertz CT molecular complexity index is 386. The molecular weight excluding hydrogens is 198 g/mol. The first-order chi connectivity index (χ1) is 7.79. The van der Waals surface area contributed by atoms with E-state index in [1.165, 1.54) is 0 Å². The van der Waals surface area contributed by atoms with Crippen LogP contribution < -0.4 is 4.90 Å². The number of benzene rings is 2. The molecule has 2 heteroatoms. The van der Waals surface area contributed by atoms with Crippen LogP contribution in [-0.4, -0.2) is 11.3 Å². The van der Waals surface area contributed by atoms with Gasteiger partial charge in [0, 0.05) is 11.4 Å². The van der Waals surface area contributed by atoms with Gasteiger partial charge in [-0.1, -0.05) is 36.4 Å². The Kier molecular flexibility index (Phi) is 3.22. The third-order valence-electron chi connectivity index (χ3n) is 2.44. The minimum absolute atomic E-state index is 0.551. The highest BCUT2D eigenvalue weighted by molar-refractivity contribution is 5.63. The fraction of sp³-hybridized carbons (Fsp3) is 0.143. The van der Waals surface area contributed by atoms with Gasteiger partial charge < -0.3 is 10.0 Å². The molecule has 16 heavy (non-hydrogen) atoms. The maximum absolute atomic E-state index is 9.84. The summed E-state index contributed by atoms with van der Waals surface area (Å²) in [6, 6.07) is 19.7. The van der Waals surface area contributed by atoms with Gasteiger partial charge in [-0.3, -0.25) is 0 Å². The maximum Gasteiger partial charge on any atom is 0.128 e. The summed E-state index contributed by atoms with van der Waals surface area (Å²) in [6.45, 7) is 1.76. The van der Waals surface area contributed by atoms with E-state index in [1.54, 1.807) is 6.92 Å². The molecule has 1 unspecified atom stereocenters. The second-order valence-electron chi connectivity index (χ2n) is 3.67. The Morgan fingerprint density at radius 1 is 0.812 bits per heavy atom. The number of rotatable bonds is 3. The lowest BCUT2D eigenvalue weighted by molar-refractivity contribution is 0.201. The van der Waals surface area contributed by atoms with Crippen molar-refractivity contribution >= 4 is 11.4 Å². The molecule has 0 fully saturated rings. The first-order valence-electron chi connectivity index (χ1n) is 5.36. The third-order valence-corrected chi connectivity index (χ3v) is 2.44. The summed E-state index contributed by atoms with van der Waals surface area (Å²) in [4.78, 5) is 1.89. The first kappa shape index (κ1) is 10.7. The normalized spacial score (nSPS) is 12.1. The van der Waals surface area contributed by atoms with Crippen molar-refractivity contribution in [1.29, 1.82) is 0 Å². The van der Waals surface area contributed by atoms with Gasteiger partial charge in [0.15, 0.2) is 0 Å². The minimum Gasteiger partial charge on any atom is -0.374 e. The Labute approximate surface area is 95.8 Å². The fourth-order valence-electron chi connectivity index (χ4n) is 1.76. The van der Waals surface area contributed by atoms with Crippen molar-refractivity contribution in [3.63, 3.8) is 0 Å². The van der Waals surface area contributed by atoms with Gasteiger partial charge in [0.25, 0.3) is 0 Å². The molecule has 0 radical (unpaired) electrons. The van der Waals surface area contributed by atoms with Crippen molar-refractivity contribution < 1.29 is 5.11 Å². The van der Waals surface area contributed by atoms with Crippen LogP contribution in [-0.2, 0) is 0 Å². The standard InChI is InChI=1S/C14H15NO/c1-12(16)15(13-8-4-2-5-9-13)14-10-6-3-7-11-14/h2-12,16H,1H3. The minimum atomic E-state index is -0.551. The smallest absolute Gasteiger partial charge is 0.128 e. The van der Waals surface area contributed by atoms with Gasteiger partial charge in [-0.15, -0.1) is 0 Å². The fourth-order valence-corrected chi connectivity index (χ4v) is 1.76. The van der Waals surface area contributed by atoms with Crippen LogP contribution in [0.4, 0.5) is 11.4 Å². The molecule has 0 spiro atoms. The van der Waals surface area contributed by atoms with Gasteiger partial charge in [0.2, 0.25) is 0 Å². The molecule has 0 saturated heterocycles. The van der Waals surface area contributed by atoms with E-state index < -0.39 is 6.23 Å². The van der Waals surface area contributed by atoms with Crippen LogP contribution in [0.5, 0.6) is 0 Å². The highest BCUT2D eigenvalue weighted by Gasteiger charge is 2.12. The molecule has 0 aliphatic heterocycles. The van der Waals surface area contributed by atoms with Gasteiger partial charge in [-0.25, -0.2) is 0 Å². The second-order valence-corrected chi connectivity index (χ2v) is 3.67. The van der Waals surface area contributed by atoms with Crippen LogP contribution in [0.3, 0.4) is 0 Å². The molecule has 0 bridgehead atoms. The quantitative estimate of drug-likeness (QED) is 0.792. The first-order valence-corrected chi connectivity index (χ1v) is 5.36. The SMILES string of the molecule is CC(O)N(c1ccccc1)c1ccccc1. The Hall–Kier alpha value is -1.80. The third kappa shape index (κ3) is 2.23. The van der Waals surface area contributed by atoms with E-state index in [1.807, 2.05) is 65.6 Å². The predicted octanol–water partition coefficient (Wildman–Crippen LogP) is 3.16. The van der Waals surface area contributed by atoms with Crippen molar-refractivity contribution in [3.05, 3.63) is 60.7 Å². The van der Waals surface area contributed by atoms with E-state index >= 15 is 0 Å². The van der Waals surface area contributed by atoms with Crippen molar-refractivity contribution in [2.24, 2.45) is 0 Å². The molecule has 0 amide bonds. The second kappa shape index (κ2) is 4.81. The molecule has 2 rings (SSSR count). The van der Waals surface area contributed by atoms with E-state index in [0.29, 0.717) is 0 Å². The monoisotopic (exact) mass is 213 g/mol. The topological polar surface area (TPSA) is 23.5 Å². The van der Waals surface area contributed by atoms with Crippen LogP contribution in [0, 0.1) is 0 Å². The maximum atomic E-state index is 9.84. The number of nitrogens with zero attached hydrogens (tertiary/aromatic N) is 1. The number of anilines is 2. The lowest BCUT2D eigenvalue weighted by Crippen LogP contribution is -2.27. The largest absolute Gasteiger partial charge is 0.374 e. The molecule has 2 aromatic carbocycles. The Balaban J connectivity index is 2.40. The van der Waals surface area contributed by atoms with Gasteiger partial charge in [-0.05, 0) is 31.2 Å². The van der Waals surface area contributed by atoms with Crippen molar-refractivity contribution in [3.8, 4) is 0 Å². The molecular formula is C14H15NO. The zero-order valence-corrected chi connectivity index (χ0v) is 9.25. The van der Waals surface area contributed by atoms with Gasteiger partial charge in [0.1, 0.15) is 6.23 Å². The number of aliphatic hydroxyl groups is 1. The molecule has 82 valence electrons. The highest BCUT2D eigenvalue weighted by atomic mass is 16.3. The van der Waals surface area contributed by atoms with E-state index in [-0.39, 0.29) is 0 Å². The summed E-state index contributed by atoms with van der Waals surface area (Å²) in [6.07, 6.45) is -0.551. The number of aliphatic hydroxyl groups excluding tert-OH is 1. The highest BCUT2D eigenvalue weighted by Crippen LogP contribution is 2.26. The van der Waals surface area contributed by atoms with Crippen molar-refractivity contribution in [2.45, 2.75) is 13.2 Å². The zero-order valence-electron chi connectivity index (χ0n) is 9.25. The van der Waals surface area contributed by atoms with E-state index in [4.69, 9.17) is 0 Å². The van der Waals surface area contributed by atoms with E-state index in [2.05, 4.69) is 0 Å². The van der Waals surface area contributed by atoms with E-state index in [9.17, 15) is 5.11 Å². The summed E-state index contributed by atoms with van der Waals surface area (Å²) in [5.74, 6) is 0. The van der Waals surface area contributed by atoms with Crippen molar-refractivity contribution in [2.75, 3.05) is 4.90 Å². The lowest BCUT2D eigenvalue weighted by atomic mass is 10.2. The average molecular weight is 213 g/mol. The van der Waals surface area contributed by atoms with Gasteiger partial charge in [0.05, 0.1) is 0 Å². The van der Waals surface area contributed by atoms with Gasteiger partial charge >= 0.3 is 0 Å². The summed E-state index contributed by atoms with van der Waals surface area (Å²) < 4.78 is 0. The molecule has 1 N–H and O–H groups in total. The molecule has 2 aromatic rings. The van der Waals surface area contributed by atoms with Crippen LogP contribution >= 0.6 is 0 Å². The Morgan fingerprint density at radius 3 is 1.50 bits per heavy atom. The number of hydrogen-bond donors (Lipinski definition) is 1. The van der Waals surface area contributed by atoms with Crippen LogP contribution in [0.1, 0.15) is 6.92 Å². The molecule has 0 aromatic heterocycles. The lowest BCUT2D eigenvalue weighted by Gasteiger charge is -2.27. The molecule has 0 aliphatic rings. The molecule has 0 heterocycles. The average Bonchev–Trinajstić information content (AvgIpc) is 2.31. The summed E-state index contributed by atoms with van der Waals surface area (Å²) in [7, 11) is 0. The summed E-state index contributed by atoms with van der Waals surface area (Å²) in [5.41, 5.74) is 1.98. The van der Waals surface area contributed by atoms with E-state index in [0.717, 1.165) is 11.4 Å². The number of para-hydroxylation sites is 2. The molecule has 1 atom stereocenters. The van der Waals surface area contributed by atoms with Crippen molar-refractivity contribution in [1.82, 2.24) is 0 Å². The molecule has 0 aliphatic carbocycles. The zero-order chi connectivity index (χ0) is 11.4. The Morgan fingerprint density at radius 2 is 1.19 bits per heavy atom. The molecule has 2 nitrogen and oxygen atoms in total. The summed E-state index contributed by atoms with van der Waals surface area (Å²) in [5, 5.41) is 9.84.